The van der Waals surface area contributed by atoms with E-state index in [0.29, 0.717) is 0 Å². The second-order valence-corrected chi connectivity index (χ2v) is 4.45. The van der Waals surface area contributed by atoms with Crippen molar-refractivity contribution in [2.75, 3.05) is 13.1 Å². The summed E-state index contributed by atoms with van der Waals surface area (Å²) in [6.45, 7) is 1.56. The van der Waals surface area contributed by atoms with Crippen molar-refractivity contribution < 1.29 is 0 Å². The van der Waals surface area contributed by atoms with E-state index in [1.165, 1.54) is 0 Å². The molecule has 1 saturated heterocycles. The van der Waals surface area contributed by atoms with Gasteiger partial charge in [-0.25, -0.2) is 4.42 Å². The lowest BCUT2D eigenvalue weighted by atomic mass is 9.74. The number of benzene rings is 1. The molecule has 0 amide bonds. The third-order valence-electron chi connectivity index (χ3n) is 3.10. The molecule has 0 atom stereocenters. The Morgan fingerprint density at radius 1 is 1.20 bits per heavy atom. The summed E-state index contributed by atoms with van der Waals surface area (Å²) in [5.74, 6) is 0. The Labute approximate surface area is 95.2 Å². The highest BCUT2D eigenvalue weighted by Gasteiger charge is 2.35. The van der Waals surface area contributed by atoms with Crippen LogP contribution in [0.3, 0.4) is 0 Å². The van der Waals surface area contributed by atoms with Gasteiger partial charge in [0.15, 0.2) is 0 Å². The first-order valence-electron chi connectivity index (χ1n) is 5.14. The van der Waals surface area contributed by atoms with Crippen molar-refractivity contribution in [3.8, 4) is 6.07 Å². The Morgan fingerprint density at radius 2 is 1.80 bits per heavy atom. The summed E-state index contributed by atoms with van der Waals surface area (Å²) in [6, 6.07) is 12.5. The maximum atomic E-state index is 9.37. The van der Waals surface area contributed by atoms with E-state index in [1.54, 1.807) is 4.42 Å². The monoisotopic (exact) mass is 220 g/mol. The first kappa shape index (κ1) is 10.5. The van der Waals surface area contributed by atoms with Crippen LogP contribution in [0.4, 0.5) is 0 Å². The highest BCUT2D eigenvalue weighted by molar-refractivity contribution is 6.13. The fourth-order valence-corrected chi connectivity index (χ4v) is 2.25. The maximum Gasteiger partial charge on any atom is 0.0847 e. The molecule has 2 nitrogen and oxygen atoms in total. The van der Waals surface area contributed by atoms with Gasteiger partial charge >= 0.3 is 0 Å². The molecule has 0 unspecified atom stereocenters. The van der Waals surface area contributed by atoms with E-state index in [2.05, 4.69) is 6.07 Å². The van der Waals surface area contributed by atoms with E-state index in [1.807, 2.05) is 30.3 Å². The molecular formula is C12H13ClN2. The number of nitriles is 1. The molecule has 1 fully saturated rings. The van der Waals surface area contributed by atoms with Crippen molar-refractivity contribution in [1.29, 1.82) is 5.26 Å². The zero-order chi connectivity index (χ0) is 10.7. The lowest BCUT2D eigenvalue weighted by Crippen LogP contribution is -2.37. The molecule has 0 aromatic heterocycles. The molecule has 1 aromatic carbocycles. The number of piperidine rings is 1. The topological polar surface area (TPSA) is 27.0 Å². The first-order valence-corrected chi connectivity index (χ1v) is 5.48. The summed E-state index contributed by atoms with van der Waals surface area (Å²) in [5.41, 5.74) is 0.796. The number of rotatable bonds is 1. The van der Waals surface area contributed by atoms with Gasteiger partial charge in [-0.15, -0.1) is 0 Å². The maximum absolute atomic E-state index is 9.37. The highest BCUT2D eigenvalue weighted by Crippen LogP contribution is 2.35. The first-order chi connectivity index (χ1) is 7.27. The molecule has 1 aliphatic heterocycles. The van der Waals surface area contributed by atoms with Crippen LogP contribution in [-0.2, 0) is 5.41 Å². The van der Waals surface area contributed by atoms with Gasteiger partial charge in [0.1, 0.15) is 0 Å². The second-order valence-electron chi connectivity index (χ2n) is 3.97. The smallest absolute Gasteiger partial charge is 0.0847 e. The summed E-state index contributed by atoms with van der Waals surface area (Å²) < 4.78 is 1.76. The molecule has 0 aliphatic carbocycles. The van der Waals surface area contributed by atoms with E-state index in [-0.39, 0.29) is 5.41 Å². The summed E-state index contributed by atoms with van der Waals surface area (Å²) in [7, 11) is 0. The summed E-state index contributed by atoms with van der Waals surface area (Å²) in [4.78, 5) is 0. The molecule has 15 heavy (non-hydrogen) atoms. The summed E-state index contributed by atoms with van der Waals surface area (Å²) in [5, 5.41) is 9.37. The van der Waals surface area contributed by atoms with E-state index < -0.39 is 0 Å². The molecule has 0 N–H and O–H groups in total. The van der Waals surface area contributed by atoms with Crippen LogP contribution in [0.25, 0.3) is 0 Å². The van der Waals surface area contributed by atoms with Gasteiger partial charge < -0.3 is 0 Å². The average molecular weight is 221 g/mol. The van der Waals surface area contributed by atoms with E-state index in [9.17, 15) is 5.26 Å². The lowest BCUT2D eigenvalue weighted by molar-refractivity contribution is 0.287. The highest BCUT2D eigenvalue weighted by atomic mass is 35.5. The van der Waals surface area contributed by atoms with Crippen LogP contribution in [0.15, 0.2) is 30.3 Å². The van der Waals surface area contributed by atoms with Crippen LogP contribution in [0.2, 0.25) is 0 Å². The van der Waals surface area contributed by atoms with Crippen LogP contribution >= 0.6 is 11.8 Å². The minimum atomic E-state index is -0.327. The number of halogens is 1. The summed E-state index contributed by atoms with van der Waals surface area (Å²) in [6.07, 6.45) is 1.63. The van der Waals surface area contributed by atoms with Crippen LogP contribution in [0.5, 0.6) is 0 Å². The normalized spacial score (nSPS) is 20.8. The van der Waals surface area contributed by atoms with Gasteiger partial charge in [0.2, 0.25) is 0 Å². The molecule has 1 heterocycles. The quantitative estimate of drug-likeness (QED) is 0.681. The molecule has 2 rings (SSSR count). The van der Waals surface area contributed by atoms with Gasteiger partial charge in [0.05, 0.1) is 11.5 Å². The fourth-order valence-electron chi connectivity index (χ4n) is 2.08. The summed E-state index contributed by atoms with van der Waals surface area (Å²) >= 11 is 5.91. The average Bonchev–Trinajstić information content (AvgIpc) is 2.32. The molecular weight excluding hydrogens is 208 g/mol. The van der Waals surface area contributed by atoms with Crippen LogP contribution < -0.4 is 0 Å². The van der Waals surface area contributed by atoms with Crippen LogP contribution in [0.1, 0.15) is 18.4 Å². The minimum absolute atomic E-state index is 0.327. The molecule has 0 bridgehead atoms. The minimum Gasteiger partial charge on any atom is -0.220 e. The fraction of sp³-hybridized carbons (Fsp3) is 0.417. The van der Waals surface area contributed by atoms with Crippen LogP contribution in [-0.4, -0.2) is 17.5 Å². The van der Waals surface area contributed by atoms with Gasteiger partial charge in [-0.05, 0) is 30.2 Å². The lowest BCUT2D eigenvalue weighted by Gasteiger charge is -2.34. The van der Waals surface area contributed by atoms with E-state index in [0.717, 1.165) is 31.5 Å². The standard InChI is InChI=1S/C12H13ClN2/c13-15-8-6-12(10-14,7-9-15)11-4-2-1-3-5-11/h1-5H,6-9H2. The number of nitrogens with zero attached hydrogens (tertiary/aromatic N) is 2. The zero-order valence-electron chi connectivity index (χ0n) is 8.49. The van der Waals surface area contributed by atoms with Crippen molar-refractivity contribution in [3.05, 3.63) is 35.9 Å². The third-order valence-corrected chi connectivity index (χ3v) is 3.44. The SMILES string of the molecule is N#CC1(c2ccccc2)CCN(Cl)CC1. The van der Waals surface area contributed by atoms with Crippen molar-refractivity contribution in [3.63, 3.8) is 0 Å². The van der Waals surface area contributed by atoms with Gasteiger partial charge in [-0.3, -0.25) is 0 Å². The molecule has 78 valence electrons. The third kappa shape index (κ3) is 1.99. The molecule has 0 saturated carbocycles. The number of hydrogen-bond donors (Lipinski definition) is 0. The van der Waals surface area contributed by atoms with E-state index in [4.69, 9.17) is 11.8 Å². The van der Waals surface area contributed by atoms with Crippen molar-refractivity contribution in [2.45, 2.75) is 18.3 Å². The van der Waals surface area contributed by atoms with Crippen molar-refractivity contribution in [2.24, 2.45) is 0 Å². The number of hydrogen-bond acceptors (Lipinski definition) is 2. The molecule has 3 heteroatoms. The zero-order valence-corrected chi connectivity index (χ0v) is 9.24. The van der Waals surface area contributed by atoms with Crippen molar-refractivity contribution >= 4 is 11.8 Å². The van der Waals surface area contributed by atoms with Gasteiger partial charge in [-0.2, -0.15) is 5.26 Å². The Kier molecular flexibility index (Phi) is 2.95. The van der Waals surface area contributed by atoms with Gasteiger partial charge in [0, 0.05) is 13.1 Å². The van der Waals surface area contributed by atoms with Gasteiger partial charge in [0.25, 0.3) is 0 Å². The largest absolute Gasteiger partial charge is 0.220 e. The molecule has 1 aliphatic rings. The Bertz CT molecular complexity index is 361. The van der Waals surface area contributed by atoms with E-state index >= 15 is 0 Å². The Balaban J connectivity index is 2.28. The van der Waals surface area contributed by atoms with Crippen LogP contribution in [0, 0.1) is 11.3 Å². The predicted octanol–water partition coefficient (Wildman–Crippen LogP) is 2.70. The Hall–Kier alpha value is -1.04. The molecule has 0 spiro atoms. The Morgan fingerprint density at radius 3 is 2.33 bits per heavy atom. The predicted molar refractivity (Wildman–Crippen MR) is 60.4 cm³/mol. The van der Waals surface area contributed by atoms with Gasteiger partial charge in [-0.1, -0.05) is 30.3 Å². The molecule has 1 aromatic rings. The van der Waals surface area contributed by atoms with Crippen molar-refractivity contribution in [1.82, 2.24) is 4.42 Å². The second kappa shape index (κ2) is 4.22. The molecule has 0 radical (unpaired) electrons.